The number of hydrogen-bond acceptors (Lipinski definition) is 2. The summed E-state index contributed by atoms with van der Waals surface area (Å²) in [5.41, 5.74) is 4.45. The second-order valence-corrected chi connectivity index (χ2v) is 7.28. The Kier molecular flexibility index (Phi) is 5.07. The van der Waals surface area contributed by atoms with Gasteiger partial charge in [0, 0.05) is 49.7 Å². The van der Waals surface area contributed by atoms with Gasteiger partial charge in [-0.3, -0.25) is 9.69 Å². The maximum absolute atomic E-state index is 12.6. The zero-order valence-corrected chi connectivity index (χ0v) is 15.6. The zero-order valence-electron chi connectivity index (χ0n) is 15.6. The third kappa shape index (κ3) is 4.12. The molecule has 1 unspecified atom stereocenters. The Morgan fingerprint density at radius 2 is 1.93 bits per heavy atom. The Morgan fingerprint density at radius 1 is 1.07 bits per heavy atom. The summed E-state index contributed by atoms with van der Waals surface area (Å²) in [6, 6.07) is 22.8. The van der Waals surface area contributed by atoms with Crippen LogP contribution in [0.25, 0.3) is 0 Å². The highest BCUT2D eigenvalue weighted by atomic mass is 16.1. The molecule has 1 aliphatic heterocycles. The van der Waals surface area contributed by atoms with Gasteiger partial charge in [0.05, 0.1) is 0 Å². The van der Waals surface area contributed by atoms with Crippen LogP contribution in [0.5, 0.6) is 0 Å². The lowest BCUT2D eigenvalue weighted by Crippen LogP contribution is -2.48. The van der Waals surface area contributed by atoms with E-state index < -0.39 is 0 Å². The summed E-state index contributed by atoms with van der Waals surface area (Å²) in [4.78, 5) is 15.0. The molecule has 0 saturated carbocycles. The smallest absolute Gasteiger partial charge is 0.251 e. The van der Waals surface area contributed by atoms with Crippen LogP contribution in [-0.2, 0) is 19.6 Å². The van der Waals surface area contributed by atoms with E-state index in [1.807, 2.05) is 37.3 Å². The minimum Gasteiger partial charge on any atom is -0.350 e. The van der Waals surface area contributed by atoms with E-state index in [0.29, 0.717) is 6.54 Å². The Balaban J connectivity index is 1.47. The van der Waals surface area contributed by atoms with Crippen molar-refractivity contribution in [2.45, 2.75) is 32.6 Å². The molecule has 1 N–H and O–H groups in total. The van der Waals surface area contributed by atoms with Gasteiger partial charge in [-0.1, -0.05) is 48.0 Å². The van der Waals surface area contributed by atoms with Crippen molar-refractivity contribution >= 4 is 5.91 Å². The lowest BCUT2D eigenvalue weighted by molar-refractivity contribution is 0.0898. The molecule has 0 fully saturated rings. The van der Waals surface area contributed by atoms with Gasteiger partial charge in [0.15, 0.2) is 0 Å². The molecule has 0 bridgehead atoms. The molecule has 1 aromatic heterocycles. The molecule has 4 heteroatoms. The first-order valence-corrected chi connectivity index (χ1v) is 9.46. The van der Waals surface area contributed by atoms with Crippen LogP contribution >= 0.6 is 0 Å². The topological polar surface area (TPSA) is 37.3 Å². The molecule has 4 rings (SSSR count). The number of hydrogen-bond donors (Lipinski definition) is 1. The number of aryl methyl sites for hydroxylation is 1. The molecule has 0 spiro atoms. The lowest BCUT2D eigenvalue weighted by atomic mass is 10.1. The van der Waals surface area contributed by atoms with Crippen LogP contribution in [-0.4, -0.2) is 28.0 Å². The van der Waals surface area contributed by atoms with Crippen LogP contribution in [0.1, 0.15) is 27.2 Å². The molecule has 1 atom stereocenters. The first kappa shape index (κ1) is 17.6. The van der Waals surface area contributed by atoms with Crippen LogP contribution in [0.15, 0.2) is 72.9 Å². The maximum atomic E-state index is 12.6. The molecule has 2 aromatic carbocycles. The number of fused-ring (bicyclic) bond motifs is 1. The normalized spacial score (nSPS) is 16.7. The Labute approximate surface area is 160 Å². The number of amides is 1. The fraction of sp³-hybridized carbons (Fsp3) is 0.261. The average Bonchev–Trinajstić information content (AvgIpc) is 3.14. The molecule has 138 valence electrons. The largest absolute Gasteiger partial charge is 0.350 e. The van der Waals surface area contributed by atoms with Crippen molar-refractivity contribution < 1.29 is 4.79 Å². The van der Waals surface area contributed by atoms with E-state index in [1.165, 1.54) is 11.3 Å². The van der Waals surface area contributed by atoms with Gasteiger partial charge in [0.25, 0.3) is 5.91 Å². The minimum absolute atomic E-state index is 0.00309. The van der Waals surface area contributed by atoms with E-state index in [2.05, 4.69) is 57.4 Å². The SMILES string of the molecule is Cc1cccc(C(=O)NCC2Cn3cccc3CN2Cc2ccccc2)c1. The monoisotopic (exact) mass is 359 g/mol. The number of carbonyl (C=O) groups excluding carboxylic acids is 1. The maximum Gasteiger partial charge on any atom is 0.251 e. The molecule has 0 radical (unpaired) electrons. The van der Waals surface area contributed by atoms with Crippen LogP contribution < -0.4 is 5.32 Å². The number of nitrogens with one attached hydrogen (secondary N) is 1. The first-order chi connectivity index (χ1) is 13.2. The average molecular weight is 359 g/mol. The molecular weight excluding hydrogens is 334 g/mol. The van der Waals surface area contributed by atoms with E-state index >= 15 is 0 Å². The van der Waals surface area contributed by atoms with Crippen LogP contribution in [0.4, 0.5) is 0 Å². The third-order valence-corrected chi connectivity index (χ3v) is 5.22. The Bertz CT molecular complexity index is 916. The number of aromatic nitrogens is 1. The van der Waals surface area contributed by atoms with Gasteiger partial charge in [-0.25, -0.2) is 0 Å². The highest BCUT2D eigenvalue weighted by Gasteiger charge is 2.26. The summed E-state index contributed by atoms with van der Waals surface area (Å²) in [5, 5.41) is 3.14. The van der Waals surface area contributed by atoms with Crippen molar-refractivity contribution in [3.05, 3.63) is 95.3 Å². The van der Waals surface area contributed by atoms with Crippen molar-refractivity contribution in [2.75, 3.05) is 6.54 Å². The fourth-order valence-corrected chi connectivity index (χ4v) is 3.75. The first-order valence-electron chi connectivity index (χ1n) is 9.46. The molecule has 27 heavy (non-hydrogen) atoms. The van der Waals surface area contributed by atoms with Gasteiger partial charge in [-0.15, -0.1) is 0 Å². The van der Waals surface area contributed by atoms with Gasteiger partial charge in [0.1, 0.15) is 0 Å². The minimum atomic E-state index is -0.00309. The second-order valence-electron chi connectivity index (χ2n) is 7.28. The molecule has 4 nitrogen and oxygen atoms in total. The summed E-state index contributed by atoms with van der Waals surface area (Å²) in [6.45, 7) is 5.32. The molecule has 1 amide bonds. The van der Waals surface area contributed by atoms with Crippen molar-refractivity contribution in [3.8, 4) is 0 Å². The van der Waals surface area contributed by atoms with Gasteiger partial charge in [-0.2, -0.15) is 0 Å². The van der Waals surface area contributed by atoms with Crippen molar-refractivity contribution in [1.29, 1.82) is 0 Å². The van der Waals surface area contributed by atoms with Crippen LogP contribution in [0.3, 0.4) is 0 Å². The number of nitrogens with zero attached hydrogens (tertiary/aromatic N) is 2. The van der Waals surface area contributed by atoms with E-state index in [9.17, 15) is 4.79 Å². The summed E-state index contributed by atoms with van der Waals surface area (Å²) < 4.78 is 2.30. The number of carbonyl (C=O) groups is 1. The molecular formula is C23H25N3O. The molecule has 2 heterocycles. The van der Waals surface area contributed by atoms with E-state index in [4.69, 9.17) is 0 Å². The van der Waals surface area contributed by atoms with Crippen molar-refractivity contribution in [1.82, 2.24) is 14.8 Å². The highest BCUT2D eigenvalue weighted by Crippen LogP contribution is 2.20. The summed E-state index contributed by atoms with van der Waals surface area (Å²) in [5.74, 6) is -0.00309. The summed E-state index contributed by atoms with van der Waals surface area (Å²) in [7, 11) is 0. The van der Waals surface area contributed by atoms with E-state index in [-0.39, 0.29) is 11.9 Å². The molecule has 0 saturated heterocycles. The number of rotatable bonds is 5. The van der Waals surface area contributed by atoms with E-state index in [1.54, 1.807) is 0 Å². The Morgan fingerprint density at radius 3 is 2.74 bits per heavy atom. The Hall–Kier alpha value is -2.85. The zero-order chi connectivity index (χ0) is 18.6. The standard InChI is InChI=1S/C23H25N3O/c1-18-7-5-10-20(13-18)23(27)24-14-22-17-25-12-6-11-21(25)16-26(22)15-19-8-3-2-4-9-19/h2-13,22H,14-17H2,1H3,(H,24,27). The summed E-state index contributed by atoms with van der Waals surface area (Å²) >= 11 is 0. The summed E-state index contributed by atoms with van der Waals surface area (Å²) in [6.07, 6.45) is 2.13. The molecule has 0 aliphatic carbocycles. The quantitative estimate of drug-likeness (QED) is 0.756. The second kappa shape index (κ2) is 7.80. The molecule has 1 aliphatic rings. The lowest BCUT2D eigenvalue weighted by Gasteiger charge is -2.37. The van der Waals surface area contributed by atoms with Gasteiger partial charge < -0.3 is 9.88 Å². The number of benzene rings is 2. The van der Waals surface area contributed by atoms with Gasteiger partial charge in [0.2, 0.25) is 0 Å². The van der Waals surface area contributed by atoms with Gasteiger partial charge >= 0.3 is 0 Å². The predicted octanol–water partition coefficient (Wildman–Crippen LogP) is 3.61. The van der Waals surface area contributed by atoms with E-state index in [0.717, 1.165) is 30.8 Å². The van der Waals surface area contributed by atoms with Crippen LogP contribution in [0.2, 0.25) is 0 Å². The van der Waals surface area contributed by atoms with Crippen molar-refractivity contribution in [3.63, 3.8) is 0 Å². The molecule has 3 aromatic rings. The fourth-order valence-electron chi connectivity index (χ4n) is 3.75. The third-order valence-electron chi connectivity index (χ3n) is 5.22. The van der Waals surface area contributed by atoms with Crippen molar-refractivity contribution in [2.24, 2.45) is 0 Å². The van der Waals surface area contributed by atoms with Gasteiger partial charge in [-0.05, 0) is 36.8 Å². The van der Waals surface area contributed by atoms with Crippen LogP contribution in [0, 0.1) is 6.92 Å². The predicted molar refractivity (Wildman–Crippen MR) is 107 cm³/mol. The highest BCUT2D eigenvalue weighted by molar-refractivity contribution is 5.94.